The number of amides is 2. The van der Waals surface area contributed by atoms with Gasteiger partial charge in [-0.15, -0.1) is 0 Å². The molecule has 13 nitrogen and oxygen atoms in total. The van der Waals surface area contributed by atoms with E-state index in [-0.39, 0.29) is 17.1 Å². The number of piperidine rings is 2. The number of nitrogens with one attached hydrogen (secondary N) is 2. The third-order valence-corrected chi connectivity index (χ3v) is 12.1. The number of dihydropyridines is 1. The van der Waals surface area contributed by atoms with Crippen LogP contribution in [0.2, 0.25) is 0 Å². The van der Waals surface area contributed by atoms with E-state index in [1.807, 2.05) is 52.0 Å². The van der Waals surface area contributed by atoms with Gasteiger partial charge in [-0.3, -0.25) is 9.79 Å². The first kappa shape index (κ1) is 42.4. The molecule has 2 amide bonds. The molecule has 0 saturated carbocycles. The molecule has 1 aromatic heterocycles. The highest BCUT2D eigenvalue weighted by Crippen LogP contribution is 2.32. The van der Waals surface area contributed by atoms with Crippen LogP contribution in [0.15, 0.2) is 105 Å². The predicted molar refractivity (Wildman–Crippen MR) is 232 cm³/mol. The molecule has 2 N–H and O–H groups in total. The molecule has 4 aliphatic rings. The minimum atomic E-state index is -0.586. The molecule has 0 spiro atoms. The molecule has 0 radical (unpaired) electrons. The summed E-state index contributed by atoms with van der Waals surface area (Å²) in [6.07, 6.45) is 16.9. The Morgan fingerprint density at radius 2 is 1.73 bits per heavy atom. The monoisotopic (exact) mass is 836 g/mol. The van der Waals surface area contributed by atoms with Gasteiger partial charge in [0.2, 0.25) is 0 Å². The number of ether oxygens (including phenoxy) is 2. The molecular formula is C45H53FN8O5S. The summed E-state index contributed by atoms with van der Waals surface area (Å²) < 4.78 is 25.8. The van der Waals surface area contributed by atoms with Gasteiger partial charge in [-0.05, 0) is 126 Å². The maximum atomic E-state index is 15.5. The summed E-state index contributed by atoms with van der Waals surface area (Å²) >= 11 is 1.43. The van der Waals surface area contributed by atoms with Crippen LogP contribution in [0.25, 0.3) is 0 Å². The molecule has 2 saturated heterocycles. The molecule has 1 unspecified atom stereocenters. The number of alkyl carbamates (subject to hydrolysis) is 1. The van der Waals surface area contributed by atoms with Crippen LogP contribution in [-0.2, 0) is 14.3 Å². The van der Waals surface area contributed by atoms with Gasteiger partial charge in [-0.25, -0.2) is 23.9 Å². The van der Waals surface area contributed by atoms with E-state index in [0.29, 0.717) is 35.5 Å². The van der Waals surface area contributed by atoms with Crippen molar-refractivity contribution in [3.05, 3.63) is 102 Å². The van der Waals surface area contributed by atoms with Gasteiger partial charge in [0.1, 0.15) is 22.3 Å². The van der Waals surface area contributed by atoms with Crippen LogP contribution in [-0.4, -0.2) is 102 Å². The van der Waals surface area contributed by atoms with Gasteiger partial charge in [0.05, 0.1) is 25.2 Å². The lowest BCUT2D eigenvalue weighted by Gasteiger charge is -2.40. The van der Waals surface area contributed by atoms with Gasteiger partial charge in [-0.1, -0.05) is 23.9 Å². The van der Waals surface area contributed by atoms with Crippen molar-refractivity contribution in [1.29, 1.82) is 0 Å². The molecule has 2 fully saturated rings. The second kappa shape index (κ2) is 18.3. The number of methoxy groups -OCH3 is 1. The highest BCUT2D eigenvalue weighted by molar-refractivity contribution is 7.99. The van der Waals surface area contributed by atoms with E-state index < -0.39 is 29.5 Å². The zero-order chi connectivity index (χ0) is 42.4. The van der Waals surface area contributed by atoms with Crippen LogP contribution < -0.4 is 20.4 Å². The van der Waals surface area contributed by atoms with Gasteiger partial charge in [0.25, 0.3) is 5.91 Å². The van der Waals surface area contributed by atoms with Crippen LogP contribution >= 0.6 is 11.8 Å². The average Bonchev–Trinajstić information content (AvgIpc) is 3.23. The van der Waals surface area contributed by atoms with Gasteiger partial charge >= 0.3 is 12.1 Å². The minimum Gasteiger partial charge on any atom is -0.467 e. The number of halogens is 1. The van der Waals surface area contributed by atoms with Crippen molar-refractivity contribution in [3.8, 4) is 0 Å². The Morgan fingerprint density at radius 1 is 0.950 bits per heavy atom. The fraction of sp³-hybridized carbons (Fsp3) is 0.422. The number of benzene rings is 2. The Balaban J connectivity index is 0.872. The van der Waals surface area contributed by atoms with E-state index in [2.05, 4.69) is 52.6 Å². The second-order valence-corrected chi connectivity index (χ2v) is 17.8. The number of rotatable bonds is 9. The topological polar surface area (TPSA) is 142 Å². The molecule has 3 aromatic rings. The van der Waals surface area contributed by atoms with E-state index in [4.69, 9.17) is 9.47 Å². The molecular weight excluding hydrogens is 784 g/mol. The van der Waals surface area contributed by atoms with E-state index >= 15 is 4.39 Å². The highest BCUT2D eigenvalue weighted by Gasteiger charge is 2.34. The number of aromatic nitrogens is 2. The standard InChI is InChI=1S/C45H53FN8O5S/c1-44(2,3)59-43(57)51-45(4)17-23-54(24-18-45)39-28-49-40(29-48-39)60-35-8-6-7-33(26-35)50-41(55)31-10-12-38(36(46)25-31)53-21-15-34(16-22-53)52-19-13-30(14-20-52)32-9-11-37(47-27-32)42(56)58-5/h6-13,19,25-29,34,37H,14-18,20-24H2,1-5H3,(H,50,55)(H,51,57). The van der Waals surface area contributed by atoms with Gasteiger partial charge in [0, 0.05) is 66.7 Å². The molecule has 0 bridgehead atoms. The maximum absolute atomic E-state index is 15.5. The lowest BCUT2D eigenvalue weighted by Crippen LogP contribution is -2.54. The second-order valence-electron chi connectivity index (χ2n) is 16.7. The van der Waals surface area contributed by atoms with Gasteiger partial charge in [-0.2, -0.15) is 0 Å². The fourth-order valence-electron chi connectivity index (χ4n) is 7.77. The zero-order valence-electron chi connectivity index (χ0n) is 34.8. The third-order valence-electron chi connectivity index (χ3n) is 11.2. The first-order chi connectivity index (χ1) is 28.7. The molecule has 7 rings (SSSR count). The Labute approximate surface area is 355 Å². The number of aliphatic imine (C=N–C) groups is 1. The van der Waals surface area contributed by atoms with Crippen molar-refractivity contribution in [1.82, 2.24) is 20.2 Å². The van der Waals surface area contributed by atoms with Crippen LogP contribution in [0.5, 0.6) is 0 Å². The van der Waals surface area contributed by atoms with E-state index in [9.17, 15) is 14.4 Å². The number of esters is 1. The summed E-state index contributed by atoms with van der Waals surface area (Å²) in [7, 11) is 1.36. The quantitative estimate of drug-likeness (QED) is 0.206. The van der Waals surface area contributed by atoms with Crippen molar-refractivity contribution >= 4 is 53.1 Å². The van der Waals surface area contributed by atoms with E-state index in [1.165, 1.54) is 30.5 Å². The number of carbonyl (C=O) groups excluding carboxylic acids is 3. The number of carbonyl (C=O) groups is 3. The average molecular weight is 837 g/mol. The molecule has 5 heterocycles. The summed E-state index contributed by atoms with van der Waals surface area (Å²) in [6, 6.07) is 11.9. The number of hydrogen-bond acceptors (Lipinski definition) is 12. The summed E-state index contributed by atoms with van der Waals surface area (Å²) in [5.41, 5.74) is 2.60. The Morgan fingerprint density at radius 3 is 2.37 bits per heavy atom. The lowest BCUT2D eigenvalue weighted by molar-refractivity contribution is -0.140. The molecule has 0 aliphatic carbocycles. The lowest BCUT2D eigenvalue weighted by atomic mass is 9.90. The van der Waals surface area contributed by atoms with E-state index in [0.717, 1.165) is 68.0 Å². The van der Waals surface area contributed by atoms with E-state index in [1.54, 1.807) is 42.9 Å². The summed E-state index contributed by atoms with van der Waals surface area (Å²) in [5.74, 6) is -0.416. The van der Waals surface area contributed by atoms with Crippen LogP contribution in [0.1, 0.15) is 70.2 Å². The Bertz CT molecular complexity index is 2170. The first-order valence-corrected chi connectivity index (χ1v) is 21.2. The number of allylic oxidation sites excluding steroid dienone is 3. The molecule has 60 heavy (non-hydrogen) atoms. The van der Waals surface area contributed by atoms with Crippen molar-refractivity contribution < 1.29 is 28.2 Å². The number of nitrogens with zero attached hydrogens (tertiary/aromatic N) is 6. The molecule has 316 valence electrons. The highest BCUT2D eigenvalue weighted by atomic mass is 32.2. The Hall–Kier alpha value is -5.70. The number of hydrogen-bond donors (Lipinski definition) is 2. The van der Waals surface area contributed by atoms with Gasteiger partial charge in [0.15, 0.2) is 6.04 Å². The van der Waals surface area contributed by atoms with Crippen molar-refractivity contribution in [2.24, 2.45) is 4.99 Å². The number of anilines is 3. The first-order valence-electron chi connectivity index (χ1n) is 20.4. The van der Waals surface area contributed by atoms with Crippen LogP contribution in [0, 0.1) is 5.82 Å². The Kier molecular flexibility index (Phi) is 12.9. The normalized spacial score (nSPS) is 20.5. The maximum Gasteiger partial charge on any atom is 0.408 e. The summed E-state index contributed by atoms with van der Waals surface area (Å²) in [6.45, 7) is 11.3. The van der Waals surface area contributed by atoms with Crippen molar-refractivity contribution in [2.75, 3.05) is 55.0 Å². The molecule has 1 atom stereocenters. The zero-order valence-corrected chi connectivity index (χ0v) is 35.6. The van der Waals surface area contributed by atoms with Crippen molar-refractivity contribution in [3.63, 3.8) is 0 Å². The smallest absolute Gasteiger partial charge is 0.408 e. The summed E-state index contributed by atoms with van der Waals surface area (Å²) in [5, 5.41) is 6.66. The van der Waals surface area contributed by atoms with Gasteiger partial charge < -0.3 is 34.8 Å². The largest absolute Gasteiger partial charge is 0.467 e. The molecule has 2 aromatic carbocycles. The minimum absolute atomic E-state index is 0.242. The SMILES string of the molecule is COC(=O)C1C=CC(=C2C=CN(C3CCN(c4ccc(C(=O)Nc5cccc(Sc6cnc(N7CCC(C)(NC(=O)OC(C)(C)C)CC7)cn6)c5)cc4F)CC3)CC2)C=N1. The van der Waals surface area contributed by atoms with Crippen molar-refractivity contribution in [2.45, 2.75) is 92.9 Å². The molecule has 15 heteroatoms. The molecule has 4 aliphatic heterocycles. The van der Waals surface area contributed by atoms with Crippen LogP contribution in [0.4, 0.5) is 26.4 Å². The summed E-state index contributed by atoms with van der Waals surface area (Å²) in [4.78, 5) is 58.4. The third kappa shape index (κ3) is 10.7. The fourth-order valence-corrected chi connectivity index (χ4v) is 8.56. The predicted octanol–water partition coefficient (Wildman–Crippen LogP) is 7.57. The van der Waals surface area contributed by atoms with Crippen LogP contribution in [0.3, 0.4) is 0 Å².